The molecule has 0 spiro atoms. The molecule has 0 bridgehead atoms. The van der Waals surface area contributed by atoms with Crippen LogP contribution in [0.4, 0.5) is 5.69 Å². The number of nitrogens with one attached hydrogen (secondary N) is 1. The Morgan fingerprint density at radius 1 is 1.15 bits per heavy atom. The molecule has 2 aromatic rings. The van der Waals surface area contributed by atoms with Crippen LogP contribution in [-0.4, -0.2) is 24.0 Å². The summed E-state index contributed by atoms with van der Waals surface area (Å²) in [5.41, 5.74) is 0.376. The Labute approximate surface area is 162 Å². The van der Waals surface area contributed by atoms with Gasteiger partial charge in [0.05, 0.1) is 24.2 Å². The Bertz CT molecular complexity index is 854. The zero-order valence-electron chi connectivity index (χ0n) is 15.5. The van der Waals surface area contributed by atoms with Crippen LogP contribution in [0.2, 0.25) is 5.02 Å². The number of rotatable bonds is 7. The highest BCUT2D eigenvalue weighted by Crippen LogP contribution is 2.31. The molecule has 0 heterocycles. The summed E-state index contributed by atoms with van der Waals surface area (Å²) in [6.07, 6.45) is -0.00710. The smallest absolute Gasteiger partial charge is 0.283 e. The summed E-state index contributed by atoms with van der Waals surface area (Å²) >= 11 is 5.79. The largest absolute Gasteiger partial charge is 0.493 e. The first-order valence-corrected chi connectivity index (χ1v) is 8.70. The van der Waals surface area contributed by atoms with Gasteiger partial charge in [0.15, 0.2) is 11.5 Å². The number of halogens is 1. The van der Waals surface area contributed by atoms with E-state index in [-0.39, 0.29) is 22.4 Å². The van der Waals surface area contributed by atoms with Crippen LogP contribution in [0.25, 0.3) is 0 Å². The lowest BCUT2D eigenvalue weighted by Crippen LogP contribution is -2.27. The first-order valence-electron chi connectivity index (χ1n) is 8.32. The maximum atomic E-state index is 12.5. The Morgan fingerprint density at radius 3 is 2.44 bits per heavy atom. The highest BCUT2D eigenvalue weighted by molar-refractivity contribution is 6.31. The molecule has 0 saturated heterocycles. The quantitative estimate of drug-likeness (QED) is 0.552. The van der Waals surface area contributed by atoms with Crippen molar-refractivity contribution in [2.75, 3.05) is 7.11 Å². The SMILES string of the molecule is COc1cc(C(C)NC(=O)c2ccc(Cl)cc2[N+](=O)[O-])ccc1OC(C)C. The predicted molar refractivity (Wildman–Crippen MR) is 103 cm³/mol. The van der Waals surface area contributed by atoms with Crippen molar-refractivity contribution < 1.29 is 19.2 Å². The van der Waals surface area contributed by atoms with E-state index in [1.807, 2.05) is 13.8 Å². The van der Waals surface area contributed by atoms with E-state index in [1.165, 1.54) is 19.2 Å². The molecule has 1 atom stereocenters. The molecule has 0 aliphatic carbocycles. The van der Waals surface area contributed by atoms with E-state index < -0.39 is 16.9 Å². The number of nitro groups is 1. The number of methoxy groups -OCH3 is 1. The zero-order valence-corrected chi connectivity index (χ0v) is 16.2. The highest BCUT2D eigenvalue weighted by atomic mass is 35.5. The van der Waals surface area contributed by atoms with Crippen LogP contribution in [0.3, 0.4) is 0 Å². The van der Waals surface area contributed by atoms with E-state index in [0.717, 1.165) is 11.6 Å². The molecule has 8 heteroatoms. The summed E-state index contributed by atoms with van der Waals surface area (Å²) < 4.78 is 11.0. The van der Waals surface area contributed by atoms with Gasteiger partial charge in [-0.3, -0.25) is 14.9 Å². The van der Waals surface area contributed by atoms with Crippen molar-refractivity contribution >= 4 is 23.2 Å². The van der Waals surface area contributed by atoms with Crippen LogP contribution in [-0.2, 0) is 0 Å². The fourth-order valence-electron chi connectivity index (χ4n) is 2.51. The maximum absolute atomic E-state index is 12.5. The molecule has 1 unspecified atom stereocenters. The van der Waals surface area contributed by atoms with Gasteiger partial charge < -0.3 is 14.8 Å². The summed E-state index contributed by atoms with van der Waals surface area (Å²) in [5, 5.41) is 14.1. The molecule has 27 heavy (non-hydrogen) atoms. The van der Waals surface area contributed by atoms with Crippen molar-refractivity contribution in [2.45, 2.75) is 32.9 Å². The van der Waals surface area contributed by atoms with Crippen molar-refractivity contribution in [1.29, 1.82) is 0 Å². The van der Waals surface area contributed by atoms with E-state index in [0.29, 0.717) is 11.5 Å². The van der Waals surface area contributed by atoms with Gasteiger partial charge in [-0.2, -0.15) is 0 Å². The van der Waals surface area contributed by atoms with Gasteiger partial charge in [0.1, 0.15) is 5.56 Å². The van der Waals surface area contributed by atoms with Crippen LogP contribution >= 0.6 is 11.6 Å². The molecule has 2 aromatic carbocycles. The zero-order chi connectivity index (χ0) is 20.1. The third-order valence-corrected chi connectivity index (χ3v) is 4.03. The van der Waals surface area contributed by atoms with Gasteiger partial charge in [-0.1, -0.05) is 17.7 Å². The van der Waals surface area contributed by atoms with Gasteiger partial charge in [-0.25, -0.2) is 0 Å². The number of hydrogen-bond donors (Lipinski definition) is 1. The van der Waals surface area contributed by atoms with Gasteiger partial charge in [0.25, 0.3) is 11.6 Å². The lowest BCUT2D eigenvalue weighted by molar-refractivity contribution is -0.385. The lowest BCUT2D eigenvalue weighted by atomic mass is 10.1. The van der Waals surface area contributed by atoms with Gasteiger partial charge in [0, 0.05) is 11.1 Å². The van der Waals surface area contributed by atoms with E-state index in [2.05, 4.69) is 5.32 Å². The number of hydrogen-bond acceptors (Lipinski definition) is 5. The molecule has 7 nitrogen and oxygen atoms in total. The second kappa shape index (κ2) is 8.73. The number of amides is 1. The van der Waals surface area contributed by atoms with E-state index >= 15 is 0 Å². The molecule has 0 aliphatic heterocycles. The van der Waals surface area contributed by atoms with Crippen LogP contribution in [0, 0.1) is 10.1 Å². The normalized spacial score (nSPS) is 11.8. The van der Waals surface area contributed by atoms with Crippen molar-refractivity contribution in [3.63, 3.8) is 0 Å². The monoisotopic (exact) mass is 392 g/mol. The number of benzene rings is 2. The summed E-state index contributed by atoms with van der Waals surface area (Å²) in [6, 6.07) is 8.86. The molecular weight excluding hydrogens is 372 g/mol. The predicted octanol–water partition coefficient (Wildman–Crippen LogP) is 4.54. The lowest BCUT2D eigenvalue weighted by Gasteiger charge is -2.18. The Hall–Kier alpha value is -2.80. The number of nitro benzene ring substituents is 1. The van der Waals surface area contributed by atoms with Gasteiger partial charge in [-0.15, -0.1) is 0 Å². The number of carbonyl (C=O) groups excluding carboxylic acids is 1. The summed E-state index contributed by atoms with van der Waals surface area (Å²) in [7, 11) is 1.53. The van der Waals surface area contributed by atoms with Crippen LogP contribution in [0.1, 0.15) is 42.7 Å². The molecule has 2 rings (SSSR count). The minimum absolute atomic E-state index is 0.00710. The fourth-order valence-corrected chi connectivity index (χ4v) is 2.68. The first-order chi connectivity index (χ1) is 12.7. The molecular formula is C19H21ClN2O5. The average Bonchev–Trinajstić information content (AvgIpc) is 2.61. The Balaban J connectivity index is 2.23. The van der Waals surface area contributed by atoms with Crippen molar-refractivity contribution in [3.05, 3.63) is 62.7 Å². The summed E-state index contributed by atoms with van der Waals surface area (Å²) in [4.78, 5) is 23.1. The number of nitrogens with zero attached hydrogens (tertiary/aromatic N) is 1. The van der Waals surface area contributed by atoms with Gasteiger partial charge in [-0.05, 0) is 50.6 Å². The third-order valence-electron chi connectivity index (χ3n) is 3.80. The van der Waals surface area contributed by atoms with Crippen LogP contribution < -0.4 is 14.8 Å². The summed E-state index contributed by atoms with van der Waals surface area (Å²) in [5.74, 6) is 0.579. The van der Waals surface area contributed by atoms with E-state index in [9.17, 15) is 14.9 Å². The Kier molecular flexibility index (Phi) is 6.63. The minimum Gasteiger partial charge on any atom is -0.493 e. The topological polar surface area (TPSA) is 90.7 Å². The molecule has 0 saturated carbocycles. The molecule has 1 amide bonds. The van der Waals surface area contributed by atoms with Crippen LogP contribution in [0.15, 0.2) is 36.4 Å². The number of ether oxygens (including phenoxy) is 2. The standard InChI is InChI=1S/C19H21ClN2O5/c1-11(2)27-17-8-5-13(9-18(17)26-4)12(3)21-19(23)15-7-6-14(20)10-16(15)22(24)25/h5-12H,1-4H3,(H,21,23). The van der Waals surface area contributed by atoms with Gasteiger partial charge in [0.2, 0.25) is 0 Å². The van der Waals surface area contributed by atoms with E-state index in [1.54, 1.807) is 25.1 Å². The molecule has 0 fully saturated rings. The minimum atomic E-state index is -0.632. The summed E-state index contributed by atoms with van der Waals surface area (Å²) in [6.45, 7) is 5.60. The molecule has 0 radical (unpaired) electrons. The Morgan fingerprint density at radius 2 is 1.85 bits per heavy atom. The first kappa shape index (κ1) is 20.5. The number of carbonyl (C=O) groups is 1. The van der Waals surface area contributed by atoms with Crippen molar-refractivity contribution in [1.82, 2.24) is 5.32 Å². The highest BCUT2D eigenvalue weighted by Gasteiger charge is 2.22. The maximum Gasteiger partial charge on any atom is 0.283 e. The molecule has 144 valence electrons. The molecule has 0 aromatic heterocycles. The third kappa shape index (κ3) is 5.10. The van der Waals surface area contributed by atoms with Crippen molar-refractivity contribution in [2.24, 2.45) is 0 Å². The second-order valence-electron chi connectivity index (χ2n) is 6.19. The van der Waals surface area contributed by atoms with Gasteiger partial charge >= 0.3 is 0 Å². The second-order valence-corrected chi connectivity index (χ2v) is 6.63. The average molecular weight is 393 g/mol. The molecule has 1 N–H and O–H groups in total. The van der Waals surface area contributed by atoms with E-state index in [4.69, 9.17) is 21.1 Å². The molecule has 0 aliphatic rings. The van der Waals surface area contributed by atoms with Crippen molar-refractivity contribution in [3.8, 4) is 11.5 Å². The fraction of sp³-hybridized carbons (Fsp3) is 0.316. The van der Waals surface area contributed by atoms with Crippen LogP contribution in [0.5, 0.6) is 11.5 Å².